The molecule has 1 saturated carbocycles. The number of aromatic hydroxyl groups is 1. The van der Waals surface area contributed by atoms with Crippen LogP contribution >= 0.6 is 11.8 Å². The number of aryl methyl sites for hydroxylation is 1. The first-order valence-corrected chi connectivity index (χ1v) is 10.1. The van der Waals surface area contributed by atoms with Crippen LogP contribution in [-0.4, -0.2) is 41.7 Å². The number of guanidine groups is 1. The number of benzene rings is 1. The molecule has 0 aromatic heterocycles. The Labute approximate surface area is 150 Å². The average molecular weight is 350 g/mol. The van der Waals surface area contributed by atoms with E-state index in [-0.39, 0.29) is 0 Å². The van der Waals surface area contributed by atoms with Gasteiger partial charge in [0.2, 0.25) is 0 Å². The number of hydrogen-bond acceptors (Lipinski definition) is 3. The van der Waals surface area contributed by atoms with Crippen molar-refractivity contribution in [3.8, 4) is 5.75 Å². The van der Waals surface area contributed by atoms with Gasteiger partial charge in [-0.3, -0.25) is 4.99 Å². The minimum atomic E-state index is 0.327. The molecule has 0 amide bonds. The smallest absolute Gasteiger partial charge is 0.191 e. The normalized spacial score (nSPS) is 21.5. The van der Waals surface area contributed by atoms with E-state index in [1.165, 1.54) is 37.0 Å². The summed E-state index contributed by atoms with van der Waals surface area (Å²) in [4.78, 5) is 4.36. The molecule has 2 unspecified atom stereocenters. The zero-order chi connectivity index (χ0) is 17.2. The summed E-state index contributed by atoms with van der Waals surface area (Å²) in [5.74, 6) is 2.46. The van der Waals surface area contributed by atoms with Crippen molar-refractivity contribution in [1.82, 2.24) is 10.6 Å². The molecule has 0 radical (unpaired) electrons. The molecule has 0 aliphatic heterocycles. The molecular weight excluding hydrogens is 318 g/mol. The highest BCUT2D eigenvalue weighted by atomic mass is 32.2. The summed E-state index contributed by atoms with van der Waals surface area (Å²) in [7, 11) is 1.84. The number of phenolic OH excluding ortho intramolecular Hbond substituents is 1. The van der Waals surface area contributed by atoms with E-state index in [1.54, 1.807) is 12.1 Å². The molecular formula is C19H31N3OS. The van der Waals surface area contributed by atoms with Gasteiger partial charge in [-0.15, -0.1) is 0 Å². The fraction of sp³-hybridized carbons (Fsp3) is 0.632. The van der Waals surface area contributed by atoms with Crippen LogP contribution in [0.1, 0.15) is 44.6 Å². The van der Waals surface area contributed by atoms with Gasteiger partial charge in [0, 0.05) is 24.9 Å². The maximum absolute atomic E-state index is 9.30. The van der Waals surface area contributed by atoms with Gasteiger partial charge in [-0.2, -0.15) is 11.8 Å². The van der Waals surface area contributed by atoms with E-state index in [1.807, 2.05) is 19.2 Å². The minimum Gasteiger partial charge on any atom is -0.508 e. The molecule has 1 fully saturated rings. The van der Waals surface area contributed by atoms with E-state index in [0.29, 0.717) is 11.8 Å². The summed E-state index contributed by atoms with van der Waals surface area (Å²) >= 11 is 2.09. The number of phenols is 1. The maximum Gasteiger partial charge on any atom is 0.191 e. The van der Waals surface area contributed by atoms with E-state index < -0.39 is 0 Å². The third-order valence-electron chi connectivity index (χ3n) is 4.46. The highest BCUT2D eigenvalue weighted by Gasteiger charge is 2.22. The molecule has 1 aliphatic carbocycles. The predicted molar refractivity (Wildman–Crippen MR) is 105 cm³/mol. The lowest BCUT2D eigenvalue weighted by Gasteiger charge is -2.30. The number of rotatable bonds is 7. The highest BCUT2D eigenvalue weighted by Crippen LogP contribution is 2.28. The first kappa shape index (κ1) is 19.0. The van der Waals surface area contributed by atoms with E-state index in [2.05, 4.69) is 34.3 Å². The SMILES string of the molecule is CCSC1CCCC(NC(=NC)NCCCc2ccc(O)cc2)C1. The van der Waals surface area contributed by atoms with Gasteiger partial charge in [0.1, 0.15) is 5.75 Å². The molecule has 1 aromatic carbocycles. The van der Waals surface area contributed by atoms with E-state index in [9.17, 15) is 5.11 Å². The van der Waals surface area contributed by atoms with Crippen LogP contribution in [0.15, 0.2) is 29.3 Å². The Balaban J connectivity index is 1.67. The van der Waals surface area contributed by atoms with E-state index in [0.717, 1.165) is 30.6 Å². The average Bonchev–Trinajstić information content (AvgIpc) is 2.60. The number of aliphatic imine (C=N–C) groups is 1. The standard InChI is InChI=1S/C19H31N3OS/c1-3-24-18-8-4-7-16(14-18)22-19(20-2)21-13-5-6-15-9-11-17(23)12-10-15/h9-12,16,18,23H,3-8,13-14H2,1-2H3,(H2,20,21,22). The maximum atomic E-state index is 9.30. The number of nitrogens with zero attached hydrogens (tertiary/aromatic N) is 1. The van der Waals surface area contributed by atoms with Gasteiger partial charge in [0.15, 0.2) is 5.96 Å². The Hall–Kier alpha value is -1.36. The molecule has 0 saturated heterocycles. The lowest BCUT2D eigenvalue weighted by Crippen LogP contribution is -2.46. The van der Waals surface area contributed by atoms with Crippen LogP contribution in [-0.2, 0) is 6.42 Å². The van der Waals surface area contributed by atoms with Crippen LogP contribution in [0.25, 0.3) is 0 Å². The van der Waals surface area contributed by atoms with Gasteiger partial charge in [-0.05, 0) is 55.6 Å². The van der Waals surface area contributed by atoms with Crippen molar-refractivity contribution in [2.45, 2.75) is 56.7 Å². The van der Waals surface area contributed by atoms with Crippen LogP contribution in [0.5, 0.6) is 5.75 Å². The molecule has 1 aliphatic rings. The van der Waals surface area contributed by atoms with Gasteiger partial charge in [0.25, 0.3) is 0 Å². The summed E-state index contributed by atoms with van der Waals surface area (Å²) in [6.07, 6.45) is 7.21. The Morgan fingerprint density at radius 1 is 1.29 bits per heavy atom. The number of hydrogen-bond donors (Lipinski definition) is 3. The van der Waals surface area contributed by atoms with Crippen molar-refractivity contribution < 1.29 is 5.11 Å². The highest BCUT2D eigenvalue weighted by molar-refractivity contribution is 7.99. The molecule has 24 heavy (non-hydrogen) atoms. The molecule has 134 valence electrons. The van der Waals surface area contributed by atoms with Crippen LogP contribution < -0.4 is 10.6 Å². The van der Waals surface area contributed by atoms with Crippen LogP contribution in [0, 0.1) is 0 Å². The van der Waals surface area contributed by atoms with Crippen LogP contribution in [0.4, 0.5) is 0 Å². The molecule has 0 heterocycles. The summed E-state index contributed by atoms with van der Waals surface area (Å²) in [5, 5.41) is 17.1. The molecule has 5 heteroatoms. The molecule has 3 N–H and O–H groups in total. The second kappa shape index (κ2) is 10.5. The van der Waals surface area contributed by atoms with E-state index in [4.69, 9.17) is 0 Å². The third-order valence-corrected chi connectivity index (χ3v) is 5.70. The molecule has 0 spiro atoms. The van der Waals surface area contributed by atoms with Crippen molar-refractivity contribution in [2.24, 2.45) is 4.99 Å². The molecule has 4 nitrogen and oxygen atoms in total. The third kappa shape index (κ3) is 6.63. The fourth-order valence-corrected chi connectivity index (χ4v) is 4.39. The van der Waals surface area contributed by atoms with Crippen LogP contribution in [0.3, 0.4) is 0 Å². The largest absolute Gasteiger partial charge is 0.508 e. The number of nitrogens with one attached hydrogen (secondary N) is 2. The lowest BCUT2D eigenvalue weighted by atomic mass is 9.95. The second-order valence-electron chi connectivity index (χ2n) is 6.35. The summed E-state index contributed by atoms with van der Waals surface area (Å²) in [5.41, 5.74) is 1.25. The van der Waals surface area contributed by atoms with Crippen molar-refractivity contribution in [3.05, 3.63) is 29.8 Å². The zero-order valence-corrected chi connectivity index (χ0v) is 15.7. The summed E-state index contributed by atoms with van der Waals surface area (Å²) in [6, 6.07) is 8.01. The summed E-state index contributed by atoms with van der Waals surface area (Å²) < 4.78 is 0. The summed E-state index contributed by atoms with van der Waals surface area (Å²) in [6.45, 7) is 3.15. The topological polar surface area (TPSA) is 56.7 Å². The first-order chi connectivity index (χ1) is 11.7. The Bertz CT molecular complexity index is 502. The minimum absolute atomic E-state index is 0.327. The lowest BCUT2D eigenvalue weighted by molar-refractivity contribution is 0.419. The van der Waals surface area contributed by atoms with Crippen molar-refractivity contribution in [3.63, 3.8) is 0 Å². The molecule has 2 atom stereocenters. The van der Waals surface area contributed by atoms with Gasteiger partial charge >= 0.3 is 0 Å². The molecule has 2 rings (SSSR count). The number of thioether (sulfide) groups is 1. The monoisotopic (exact) mass is 349 g/mol. The zero-order valence-electron chi connectivity index (χ0n) is 14.9. The Morgan fingerprint density at radius 2 is 2.08 bits per heavy atom. The second-order valence-corrected chi connectivity index (χ2v) is 7.93. The van der Waals surface area contributed by atoms with Crippen molar-refractivity contribution in [2.75, 3.05) is 19.3 Å². The van der Waals surface area contributed by atoms with E-state index >= 15 is 0 Å². The fourth-order valence-electron chi connectivity index (χ4n) is 3.21. The van der Waals surface area contributed by atoms with Gasteiger partial charge in [-0.25, -0.2) is 0 Å². The van der Waals surface area contributed by atoms with Gasteiger partial charge in [-0.1, -0.05) is 25.5 Å². The predicted octanol–water partition coefficient (Wildman–Crippen LogP) is 3.55. The Morgan fingerprint density at radius 3 is 2.79 bits per heavy atom. The quantitative estimate of drug-likeness (QED) is 0.400. The molecule has 0 bridgehead atoms. The van der Waals surface area contributed by atoms with Gasteiger partial charge < -0.3 is 15.7 Å². The van der Waals surface area contributed by atoms with Crippen molar-refractivity contribution in [1.29, 1.82) is 0 Å². The Kier molecular flexibility index (Phi) is 8.29. The van der Waals surface area contributed by atoms with Crippen LogP contribution in [0.2, 0.25) is 0 Å². The first-order valence-electron chi connectivity index (χ1n) is 9.08. The van der Waals surface area contributed by atoms with Gasteiger partial charge in [0.05, 0.1) is 0 Å². The molecule has 1 aromatic rings. The van der Waals surface area contributed by atoms with Crippen molar-refractivity contribution >= 4 is 17.7 Å².